The van der Waals surface area contributed by atoms with Crippen LogP contribution in [-0.2, 0) is 11.2 Å². The van der Waals surface area contributed by atoms with Gasteiger partial charge in [-0.25, -0.2) is 0 Å². The fourth-order valence-electron chi connectivity index (χ4n) is 4.47. The summed E-state index contributed by atoms with van der Waals surface area (Å²) < 4.78 is 36.3. The van der Waals surface area contributed by atoms with E-state index in [1.807, 2.05) is 6.07 Å². The first-order valence-corrected chi connectivity index (χ1v) is 10.8. The zero-order valence-corrected chi connectivity index (χ0v) is 16.5. The largest absolute Gasteiger partial charge is 0.586 e. The van der Waals surface area contributed by atoms with Crippen molar-refractivity contribution in [1.82, 2.24) is 4.98 Å². The molecule has 2 aliphatic rings. The van der Waals surface area contributed by atoms with Gasteiger partial charge in [-0.05, 0) is 53.8 Å². The lowest BCUT2D eigenvalue weighted by Gasteiger charge is -2.31. The second-order valence-electron chi connectivity index (χ2n) is 7.78. The van der Waals surface area contributed by atoms with Crippen molar-refractivity contribution in [2.45, 2.75) is 37.2 Å². The number of rotatable bonds is 5. The maximum Gasteiger partial charge on any atom is 0.586 e. The summed E-state index contributed by atoms with van der Waals surface area (Å²) in [5, 5.41) is 1.20. The van der Waals surface area contributed by atoms with E-state index < -0.39 is 6.29 Å². The molecule has 2 aromatic carbocycles. The number of aromatic amines is 1. The predicted octanol–water partition coefficient (Wildman–Crippen LogP) is 6.07. The molecule has 1 aromatic heterocycles. The molecule has 0 bridgehead atoms. The smallest absolute Gasteiger partial charge is 0.395 e. The van der Waals surface area contributed by atoms with Gasteiger partial charge < -0.3 is 14.5 Å². The third kappa shape index (κ3) is 2.69. The Morgan fingerprint density at radius 3 is 2.71 bits per heavy atom. The Labute approximate surface area is 166 Å². The van der Waals surface area contributed by atoms with E-state index in [1.165, 1.54) is 16.5 Å². The number of ether oxygens (including phenoxy) is 2. The number of aromatic nitrogens is 1. The van der Waals surface area contributed by atoms with E-state index in [0.717, 1.165) is 29.7 Å². The number of alkyl halides is 2. The molecular formula is C22H21F2NO2S. The molecule has 146 valence electrons. The van der Waals surface area contributed by atoms with Gasteiger partial charge in [0.25, 0.3) is 0 Å². The number of fused-ring (bicyclic) bond motifs is 2. The summed E-state index contributed by atoms with van der Waals surface area (Å²) in [6, 6.07) is 11.6. The highest BCUT2D eigenvalue weighted by molar-refractivity contribution is 7.97. The average Bonchev–Trinajstić information content (AvgIpc) is 3.34. The number of nitrogens with one attached hydrogen (secondary N) is 1. The van der Waals surface area contributed by atoms with Crippen molar-refractivity contribution in [3.63, 3.8) is 0 Å². The van der Waals surface area contributed by atoms with Crippen LogP contribution in [-0.4, -0.2) is 17.5 Å². The van der Waals surface area contributed by atoms with Crippen molar-refractivity contribution in [3.8, 4) is 11.5 Å². The van der Waals surface area contributed by atoms with E-state index in [-0.39, 0.29) is 16.9 Å². The van der Waals surface area contributed by atoms with Crippen LogP contribution in [0.3, 0.4) is 0 Å². The summed E-state index contributed by atoms with van der Waals surface area (Å²) in [5.41, 5.74) is 4.34. The quantitative estimate of drug-likeness (QED) is 0.564. The van der Waals surface area contributed by atoms with Gasteiger partial charge in [-0.3, -0.25) is 0 Å². The number of para-hydroxylation sites is 1. The average molecular weight is 401 g/mol. The minimum absolute atomic E-state index is 0.0908. The molecule has 1 aliphatic carbocycles. The van der Waals surface area contributed by atoms with E-state index in [9.17, 15) is 8.78 Å². The SMILES string of the molecule is CSCc1cccc2c(C(C)(c3ccc4c(c3)OC(F)(F)O4)C3CC3)c[nH]c12. The number of hydrogen-bond acceptors (Lipinski definition) is 3. The minimum Gasteiger partial charge on any atom is -0.395 e. The summed E-state index contributed by atoms with van der Waals surface area (Å²) in [4.78, 5) is 3.48. The number of thioether (sulfide) groups is 1. The second kappa shape index (κ2) is 6.14. The van der Waals surface area contributed by atoms with Crippen molar-refractivity contribution in [3.05, 3.63) is 59.3 Å². The van der Waals surface area contributed by atoms with Crippen LogP contribution in [0.15, 0.2) is 42.6 Å². The number of halogens is 2. The molecule has 0 amide bonds. The molecule has 1 N–H and O–H groups in total. The molecule has 3 aromatic rings. The molecule has 28 heavy (non-hydrogen) atoms. The second-order valence-corrected chi connectivity index (χ2v) is 8.65. The summed E-state index contributed by atoms with van der Waals surface area (Å²) in [5.74, 6) is 1.61. The lowest BCUT2D eigenvalue weighted by atomic mass is 9.72. The van der Waals surface area contributed by atoms with Crippen LogP contribution in [0.2, 0.25) is 0 Å². The third-order valence-electron chi connectivity index (χ3n) is 6.06. The van der Waals surface area contributed by atoms with Crippen LogP contribution in [0.4, 0.5) is 8.78 Å². The summed E-state index contributed by atoms with van der Waals surface area (Å²) >= 11 is 1.79. The Hall–Kier alpha value is -2.21. The Balaban J connectivity index is 1.65. The molecule has 1 aliphatic heterocycles. The van der Waals surface area contributed by atoms with Gasteiger partial charge in [0.05, 0.1) is 0 Å². The summed E-state index contributed by atoms with van der Waals surface area (Å²) in [6.07, 6.45) is 2.84. The van der Waals surface area contributed by atoms with Gasteiger partial charge >= 0.3 is 6.29 Å². The maximum atomic E-state index is 13.5. The van der Waals surface area contributed by atoms with Gasteiger partial charge in [-0.15, -0.1) is 8.78 Å². The topological polar surface area (TPSA) is 34.2 Å². The molecule has 3 nitrogen and oxygen atoms in total. The molecule has 2 heterocycles. The highest BCUT2D eigenvalue weighted by Gasteiger charge is 2.48. The molecule has 0 saturated heterocycles. The number of benzene rings is 2. The first kappa shape index (κ1) is 17.9. The first-order valence-electron chi connectivity index (χ1n) is 9.41. The monoisotopic (exact) mass is 401 g/mol. The predicted molar refractivity (Wildman–Crippen MR) is 107 cm³/mol. The van der Waals surface area contributed by atoms with Crippen LogP contribution < -0.4 is 9.47 Å². The van der Waals surface area contributed by atoms with Gasteiger partial charge in [0.15, 0.2) is 11.5 Å². The molecule has 5 rings (SSSR count). The van der Waals surface area contributed by atoms with Crippen LogP contribution >= 0.6 is 11.8 Å². The van der Waals surface area contributed by atoms with Crippen molar-refractivity contribution in [2.24, 2.45) is 5.92 Å². The van der Waals surface area contributed by atoms with E-state index in [4.69, 9.17) is 4.74 Å². The lowest BCUT2D eigenvalue weighted by molar-refractivity contribution is -0.286. The molecule has 1 atom stereocenters. The molecule has 6 heteroatoms. The van der Waals surface area contributed by atoms with Crippen molar-refractivity contribution < 1.29 is 18.3 Å². The zero-order valence-electron chi connectivity index (χ0n) is 15.7. The molecular weight excluding hydrogens is 380 g/mol. The fourth-order valence-corrected chi connectivity index (χ4v) is 5.02. The standard InChI is InChI=1S/C22H21F2NO2S/c1-21(14-6-7-14,15-8-9-18-19(10-15)27-22(23,24)26-18)17-11-25-20-13(12-28-2)4-3-5-16(17)20/h3-5,8-11,14,25H,6-7,12H2,1-2H3. The molecule has 1 fully saturated rings. The number of H-pyrrole nitrogens is 1. The van der Waals surface area contributed by atoms with Gasteiger partial charge in [0.1, 0.15) is 0 Å². The van der Waals surface area contributed by atoms with Crippen LogP contribution in [0.25, 0.3) is 10.9 Å². The molecule has 0 radical (unpaired) electrons. The van der Waals surface area contributed by atoms with Gasteiger partial charge in [0, 0.05) is 28.3 Å². The van der Waals surface area contributed by atoms with E-state index in [2.05, 4.69) is 47.3 Å². The fraction of sp³-hybridized carbons (Fsp3) is 0.364. The van der Waals surface area contributed by atoms with Gasteiger partial charge in [-0.1, -0.05) is 31.2 Å². The summed E-state index contributed by atoms with van der Waals surface area (Å²) in [7, 11) is 0. The maximum absolute atomic E-state index is 13.5. The Bertz CT molecular complexity index is 1060. The highest BCUT2D eigenvalue weighted by atomic mass is 32.2. The van der Waals surface area contributed by atoms with Crippen molar-refractivity contribution in [1.29, 1.82) is 0 Å². The third-order valence-corrected chi connectivity index (χ3v) is 6.66. The zero-order chi connectivity index (χ0) is 19.5. The molecule has 1 unspecified atom stereocenters. The van der Waals surface area contributed by atoms with Gasteiger partial charge in [0.2, 0.25) is 0 Å². The highest BCUT2D eigenvalue weighted by Crippen LogP contribution is 2.54. The van der Waals surface area contributed by atoms with Crippen molar-refractivity contribution in [2.75, 3.05) is 6.26 Å². The van der Waals surface area contributed by atoms with Crippen molar-refractivity contribution >= 4 is 22.7 Å². The Kier molecular flexibility index (Phi) is 3.92. The molecule has 0 spiro atoms. The normalized spacial score (nSPS) is 19.7. The first-order chi connectivity index (χ1) is 13.4. The van der Waals surface area contributed by atoms with Gasteiger partial charge in [-0.2, -0.15) is 11.8 Å². The Morgan fingerprint density at radius 2 is 1.96 bits per heavy atom. The van der Waals surface area contributed by atoms with Crippen LogP contribution in [0.5, 0.6) is 11.5 Å². The summed E-state index contributed by atoms with van der Waals surface area (Å²) in [6.45, 7) is 2.21. The van der Waals surface area contributed by atoms with Crippen LogP contribution in [0.1, 0.15) is 36.5 Å². The van der Waals surface area contributed by atoms with E-state index in [1.54, 1.807) is 23.9 Å². The Morgan fingerprint density at radius 1 is 1.18 bits per heavy atom. The lowest BCUT2D eigenvalue weighted by Crippen LogP contribution is -2.26. The minimum atomic E-state index is -3.59. The van der Waals surface area contributed by atoms with Crippen LogP contribution in [0, 0.1) is 5.92 Å². The number of hydrogen-bond donors (Lipinski definition) is 1. The molecule has 1 saturated carbocycles. The van der Waals surface area contributed by atoms with E-state index in [0.29, 0.717) is 5.92 Å². The van der Waals surface area contributed by atoms with E-state index >= 15 is 0 Å².